The molecule has 1 aromatic carbocycles. The molecule has 0 aliphatic carbocycles. The van der Waals surface area contributed by atoms with Gasteiger partial charge in [0.25, 0.3) is 0 Å². The molecule has 0 radical (unpaired) electrons. The zero-order valence-corrected chi connectivity index (χ0v) is 12.4. The van der Waals surface area contributed by atoms with Gasteiger partial charge in [0.2, 0.25) is 0 Å². The van der Waals surface area contributed by atoms with Gasteiger partial charge in [0.1, 0.15) is 11.9 Å². The number of carbonyl (C=O) groups is 1. The normalized spacial score (nSPS) is 18.2. The van der Waals surface area contributed by atoms with Gasteiger partial charge < -0.3 is 14.7 Å². The van der Waals surface area contributed by atoms with Gasteiger partial charge in [-0.2, -0.15) is 0 Å². The van der Waals surface area contributed by atoms with Crippen LogP contribution in [-0.2, 0) is 4.74 Å². The van der Waals surface area contributed by atoms with Crippen LogP contribution in [0, 0.1) is 0 Å². The van der Waals surface area contributed by atoms with E-state index in [1.165, 1.54) is 12.4 Å². The largest absolute Gasteiger partial charge is 0.476 e. The van der Waals surface area contributed by atoms with Crippen molar-refractivity contribution in [3.8, 4) is 0 Å². The fraction of sp³-hybridized carbons (Fsp3) is 0.267. The monoisotopic (exact) mass is 319 g/mol. The molecule has 1 fully saturated rings. The summed E-state index contributed by atoms with van der Waals surface area (Å²) in [6.45, 7) is 1.80. The Morgan fingerprint density at radius 2 is 2.14 bits per heavy atom. The summed E-state index contributed by atoms with van der Waals surface area (Å²) in [5, 5.41) is 9.52. The average Bonchev–Trinajstić information content (AvgIpc) is 2.55. The first-order valence-corrected chi connectivity index (χ1v) is 7.19. The molecule has 1 unspecified atom stereocenters. The van der Waals surface area contributed by atoms with Crippen molar-refractivity contribution in [3.05, 3.63) is 52.9 Å². The number of aromatic carboxylic acids is 1. The number of hydrogen-bond donors (Lipinski definition) is 1. The Balaban J connectivity index is 1.78. The Morgan fingerprint density at radius 1 is 1.32 bits per heavy atom. The third-order valence-corrected chi connectivity index (χ3v) is 3.84. The molecule has 1 N–H and O–H groups in total. The van der Waals surface area contributed by atoms with Crippen LogP contribution in [0.1, 0.15) is 22.2 Å². The van der Waals surface area contributed by atoms with Crippen molar-refractivity contribution >= 4 is 23.4 Å². The number of hydrogen-bond acceptors (Lipinski definition) is 5. The predicted molar refractivity (Wildman–Crippen MR) is 81.3 cm³/mol. The highest BCUT2D eigenvalue weighted by Gasteiger charge is 2.24. The highest BCUT2D eigenvalue weighted by Crippen LogP contribution is 2.29. The first-order chi connectivity index (χ1) is 10.6. The second-order valence-corrected chi connectivity index (χ2v) is 5.30. The van der Waals surface area contributed by atoms with Crippen molar-refractivity contribution in [1.82, 2.24) is 9.97 Å². The van der Waals surface area contributed by atoms with Crippen LogP contribution in [0.25, 0.3) is 0 Å². The zero-order valence-electron chi connectivity index (χ0n) is 11.6. The van der Waals surface area contributed by atoms with Crippen molar-refractivity contribution in [2.24, 2.45) is 0 Å². The van der Waals surface area contributed by atoms with E-state index in [2.05, 4.69) is 9.97 Å². The third-order valence-electron chi connectivity index (χ3n) is 3.50. The summed E-state index contributed by atoms with van der Waals surface area (Å²) in [6.07, 6.45) is 2.58. The van der Waals surface area contributed by atoms with E-state index in [0.717, 1.165) is 5.56 Å². The molecule has 114 valence electrons. The number of nitrogens with zero attached hydrogens (tertiary/aromatic N) is 3. The van der Waals surface area contributed by atoms with Crippen LogP contribution in [0.15, 0.2) is 36.7 Å². The predicted octanol–water partition coefficient (Wildman–Crippen LogP) is 2.41. The lowest BCUT2D eigenvalue weighted by atomic mass is 10.1. The van der Waals surface area contributed by atoms with Crippen LogP contribution in [0.5, 0.6) is 0 Å². The summed E-state index contributed by atoms with van der Waals surface area (Å²) in [5.74, 6) is -0.458. The van der Waals surface area contributed by atoms with Crippen molar-refractivity contribution in [2.45, 2.75) is 6.10 Å². The van der Waals surface area contributed by atoms with Gasteiger partial charge in [0.05, 0.1) is 19.0 Å². The number of anilines is 1. The van der Waals surface area contributed by atoms with Crippen molar-refractivity contribution in [2.75, 3.05) is 24.6 Å². The molecular weight excluding hydrogens is 306 g/mol. The highest BCUT2D eigenvalue weighted by atomic mass is 35.5. The molecule has 2 heterocycles. The maximum Gasteiger partial charge on any atom is 0.356 e. The lowest BCUT2D eigenvalue weighted by molar-refractivity contribution is 0.0395. The van der Waals surface area contributed by atoms with Crippen molar-refractivity contribution in [1.29, 1.82) is 0 Å². The quantitative estimate of drug-likeness (QED) is 0.936. The fourth-order valence-electron chi connectivity index (χ4n) is 2.38. The van der Waals surface area contributed by atoms with E-state index in [1.807, 2.05) is 29.2 Å². The first-order valence-electron chi connectivity index (χ1n) is 6.81. The molecule has 0 amide bonds. The van der Waals surface area contributed by atoms with Crippen LogP contribution >= 0.6 is 11.6 Å². The number of halogens is 1. The van der Waals surface area contributed by atoms with Crippen LogP contribution < -0.4 is 4.90 Å². The summed E-state index contributed by atoms with van der Waals surface area (Å²) in [5.41, 5.74) is 0.864. The Labute approximate surface area is 132 Å². The molecule has 6 nitrogen and oxygen atoms in total. The minimum atomic E-state index is -1.09. The minimum absolute atomic E-state index is 0.0698. The molecule has 1 atom stereocenters. The Hall–Kier alpha value is -2.18. The molecule has 1 aromatic heterocycles. The van der Waals surface area contributed by atoms with Crippen LogP contribution in [-0.4, -0.2) is 40.7 Å². The molecule has 1 aliphatic rings. The molecule has 7 heteroatoms. The molecule has 0 saturated carbocycles. The van der Waals surface area contributed by atoms with Crippen LogP contribution in [0.4, 0.5) is 5.82 Å². The first kappa shape index (κ1) is 14.7. The Morgan fingerprint density at radius 3 is 2.82 bits per heavy atom. The maximum atomic E-state index is 10.8. The summed E-state index contributed by atoms with van der Waals surface area (Å²) in [7, 11) is 0. The van der Waals surface area contributed by atoms with E-state index < -0.39 is 5.97 Å². The van der Waals surface area contributed by atoms with Gasteiger partial charge >= 0.3 is 5.97 Å². The van der Waals surface area contributed by atoms with Crippen molar-refractivity contribution < 1.29 is 14.6 Å². The Kier molecular flexibility index (Phi) is 4.22. The molecule has 3 rings (SSSR count). The summed E-state index contributed by atoms with van der Waals surface area (Å²) >= 11 is 6.22. The fourth-order valence-corrected chi connectivity index (χ4v) is 2.63. The van der Waals surface area contributed by atoms with E-state index in [1.54, 1.807) is 0 Å². The third kappa shape index (κ3) is 3.03. The molecule has 0 bridgehead atoms. The van der Waals surface area contributed by atoms with Crippen molar-refractivity contribution in [3.63, 3.8) is 0 Å². The van der Waals surface area contributed by atoms with Gasteiger partial charge in [0, 0.05) is 23.7 Å². The molecule has 2 aromatic rings. The second kappa shape index (κ2) is 6.29. The Bertz CT molecular complexity index is 678. The number of ether oxygens (including phenoxy) is 1. The lowest BCUT2D eigenvalue weighted by Gasteiger charge is -2.34. The molecule has 1 saturated heterocycles. The number of aromatic nitrogens is 2. The highest BCUT2D eigenvalue weighted by molar-refractivity contribution is 6.31. The number of morpholine rings is 1. The van der Waals surface area contributed by atoms with E-state index in [9.17, 15) is 4.79 Å². The minimum Gasteiger partial charge on any atom is -0.476 e. The summed E-state index contributed by atoms with van der Waals surface area (Å²) < 4.78 is 5.79. The van der Waals surface area contributed by atoms with Gasteiger partial charge in [-0.1, -0.05) is 29.8 Å². The molecule has 0 spiro atoms. The van der Waals surface area contributed by atoms with E-state index in [4.69, 9.17) is 21.4 Å². The summed E-state index contributed by atoms with van der Waals surface area (Å²) in [6, 6.07) is 7.57. The van der Waals surface area contributed by atoms with Gasteiger partial charge in [-0.15, -0.1) is 0 Å². The topological polar surface area (TPSA) is 75.5 Å². The SMILES string of the molecule is O=C(O)c1cnc(N2CCOC(c3ccccc3Cl)C2)cn1. The van der Waals surface area contributed by atoms with Gasteiger partial charge in [-0.3, -0.25) is 0 Å². The molecular formula is C15H14ClN3O3. The number of benzene rings is 1. The standard InChI is InChI=1S/C15H14ClN3O3/c16-11-4-2-1-3-10(11)13-9-19(5-6-22-13)14-8-17-12(7-18-14)15(20)21/h1-4,7-8,13H,5-6,9H2,(H,20,21). The smallest absolute Gasteiger partial charge is 0.356 e. The zero-order chi connectivity index (χ0) is 15.5. The van der Waals surface area contributed by atoms with E-state index in [-0.39, 0.29) is 11.8 Å². The number of carboxylic acids is 1. The van der Waals surface area contributed by atoms with Crippen LogP contribution in [0.2, 0.25) is 5.02 Å². The van der Waals surface area contributed by atoms with E-state index >= 15 is 0 Å². The van der Waals surface area contributed by atoms with E-state index in [0.29, 0.717) is 30.5 Å². The molecule has 1 aliphatic heterocycles. The lowest BCUT2D eigenvalue weighted by Crippen LogP contribution is -2.39. The summed E-state index contributed by atoms with van der Waals surface area (Å²) in [4.78, 5) is 20.9. The number of carboxylic acid groups (broad SMARTS) is 1. The number of rotatable bonds is 3. The van der Waals surface area contributed by atoms with Crippen LogP contribution in [0.3, 0.4) is 0 Å². The van der Waals surface area contributed by atoms with Gasteiger partial charge in [-0.05, 0) is 6.07 Å². The average molecular weight is 320 g/mol. The second-order valence-electron chi connectivity index (χ2n) is 4.89. The molecule has 22 heavy (non-hydrogen) atoms. The van der Waals surface area contributed by atoms with Gasteiger partial charge in [-0.25, -0.2) is 14.8 Å². The van der Waals surface area contributed by atoms with Gasteiger partial charge in [0.15, 0.2) is 5.69 Å². The maximum absolute atomic E-state index is 10.8.